The SMILES string of the molecule is Cc1cc(Cn2ccc(-c3ccnc(NC(C)C)n3)cc2=O)ccc1Cl. The third-order valence-electron chi connectivity index (χ3n) is 3.94. The molecule has 1 N–H and O–H groups in total. The van der Waals surface area contributed by atoms with Crippen LogP contribution in [0, 0.1) is 6.92 Å². The minimum Gasteiger partial charge on any atom is -0.352 e. The zero-order valence-corrected chi connectivity index (χ0v) is 15.8. The topological polar surface area (TPSA) is 59.8 Å². The predicted molar refractivity (Wildman–Crippen MR) is 106 cm³/mol. The normalized spacial score (nSPS) is 11.0. The van der Waals surface area contributed by atoms with Crippen molar-refractivity contribution in [3.8, 4) is 11.3 Å². The molecule has 0 aliphatic heterocycles. The van der Waals surface area contributed by atoms with Gasteiger partial charge in [0, 0.05) is 35.1 Å². The number of aryl methyl sites for hydroxylation is 1. The van der Waals surface area contributed by atoms with Gasteiger partial charge in [0.05, 0.1) is 12.2 Å². The quantitative estimate of drug-likeness (QED) is 0.735. The Morgan fingerprint density at radius 2 is 2.00 bits per heavy atom. The molecule has 0 spiro atoms. The fraction of sp³-hybridized carbons (Fsp3) is 0.250. The molecular formula is C20H21ClN4O. The summed E-state index contributed by atoms with van der Waals surface area (Å²) in [5, 5.41) is 3.89. The number of rotatable bonds is 5. The summed E-state index contributed by atoms with van der Waals surface area (Å²) in [4.78, 5) is 21.2. The van der Waals surface area contributed by atoms with E-state index in [2.05, 4.69) is 15.3 Å². The molecule has 6 heteroatoms. The summed E-state index contributed by atoms with van der Waals surface area (Å²) in [7, 11) is 0. The van der Waals surface area contributed by atoms with E-state index < -0.39 is 0 Å². The lowest BCUT2D eigenvalue weighted by Gasteiger charge is -2.10. The van der Waals surface area contributed by atoms with Crippen LogP contribution in [0.2, 0.25) is 5.02 Å². The van der Waals surface area contributed by atoms with Gasteiger partial charge in [0.2, 0.25) is 5.95 Å². The molecule has 2 heterocycles. The summed E-state index contributed by atoms with van der Waals surface area (Å²) >= 11 is 6.06. The van der Waals surface area contributed by atoms with Crippen molar-refractivity contribution in [3.05, 3.63) is 75.3 Å². The third kappa shape index (κ3) is 4.29. The molecule has 5 nitrogen and oxygen atoms in total. The minimum absolute atomic E-state index is 0.0768. The van der Waals surface area contributed by atoms with E-state index in [0.29, 0.717) is 12.5 Å². The first-order valence-electron chi connectivity index (χ1n) is 8.48. The molecule has 0 aliphatic carbocycles. The summed E-state index contributed by atoms with van der Waals surface area (Å²) in [6.45, 7) is 6.50. The molecule has 3 rings (SSSR count). The van der Waals surface area contributed by atoms with E-state index in [1.54, 1.807) is 29.1 Å². The summed E-state index contributed by atoms with van der Waals surface area (Å²) in [6, 6.07) is 11.3. The van der Waals surface area contributed by atoms with E-state index in [1.165, 1.54) is 0 Å². The van der Waals surface area contributed by atoms with E-state index in [-0.39, 0.29) is 11.6 Å². The van der Waals surface area contributed by atoms with Gasteiger partial charge in [0.15, 0.2) is 0 Å². The number of pyridine rings is 1. The second kappa shape index (κ2) is 7.70. The van der Waals surface area contributed by atoms with E-state index in [4.69, 9.17) is 11.6 Å². The maximum Gasteiger partial charge on any atom is 0.251 e. The largest absolute Gasteiger partial charge is 0.352 e. The van der Waals surface area contributed by atoms with Crippen LogP contribution in [0.5, 0.6) is 0 Å². The molecule has 0 aliphatic rings. The Morgan fingerprint density at radius 1 is 1.19 bits per heavy atom. The average Bonchev–Trinajstić information content (AvgIpc) is 2.59. The van der Waals surface area contributed by atoms with Gasteiger partial charge in [0.25, 0.3) is 5.56 Å². The van der Waals surface area contributed by atoms with Gasteiger partial charge < -0.3 is 9.88 Å². The predicted octanol–water partition coefficient (Wildman–Crippen LogP) is 4.14. The summed E-state index contributed by atoms with van der Waals surface area (Å²) in [6.07, 6.45) is 3.48. The molecular weight excluding hydrogens is 348 g/mol. The molecule has 1 aromatic carbocycles. The standard InChI is InChI=1S/C20H21ClN4O/c1-13(2)23-20-22-8-6-18(24-20)16-7-9-25(19(26)11-16)12-15-4-5-17(21)14(3)10-15/h4-11,13H,12H2,1-3H3,(H,22,23,24). The van der Waals surface area contributed by atoms with Crippen LogP contribution >= 0.6 is 11.6 Å². The number of nitrogens with one attached hydrogen (secondary N) is 1. The first-order valence-corrected chi connectivity index (χ1v) is 8.85. The summed E-state index contributed by atoms with van der Waals surface area (Å²) in [5.74, 6) is 0.554. The van der Waals surface area contributed by atoms with Crippen LogP contribution in [0.4, 0.5) is 5.95 Å². The molecule has 0 fully saturated rings. The van der Waals surface area contributed by atoms with Gasteiger partial charge in [0.1, 0.15) is 0 Å². The minimum atomic E-state index is -0.0768. The van der Waals surface area contributed by atoms with Crippen LogP contribution in [-0.4, -0.2) is 20.6 Å². The van der Waals surface area contributed by atoms with Gasteiger partial charge in [-0.15, -0.1) is 0 Å². The lowest BCUT2D eigenvalue weighted by Crippen LogP contribution is -2.19. The number of hydrogen-bond acceptors (Lipinski definition) is 4. The number of halogens is 1. The molecule has 0 unspecified atom stereocenters. The second-order valence-electron chi connectivity index (χ2n) is 6.53. The Morgan fingerprint density at radius 3 is 2.69 bits per heavy atom. The zero-order chi connectivity index (χ0) is 18.7. The van der Waals surface area contributed by atoms with Crippen LogP contribution in [0.1, 0.15) is 25.0 Å². The highest BCUT2D eigenvalue weighted by molar-refractivity contribution is 6.31. The van der Waals surface area contributed by atoms with Gasteiger partial charge >= 0.3 is 0 Å². The number of anilines is 1. The molecule has 2 aromatic heterocycles. The van der Waals surface area contributed by atoms with Crippen molar-refractivity contribution >= 4 is 17.5 Å². The molecule has 3 aromatic rings. The average molecular weight is 369 g/mol. The molecule has 0 saturated carbocycles. The smallest absolute Gasteiger partial charge is 0.251 e. The second-order valence-corrected chi connectivity index (χ2v) is 6.94. The van der Waals surface area contributed by atoms with E-state index >= 15 is 0 Å². The van der Waals surface area contributed by atoms with Gasteiger partial charge in [-0.05, 0) is 50.1 Å². The van der Waals surface area contributed by atoms with Crippen molar-refractivity contribution in [2.24, 2.45) is 0 Å². The van der Waals surface area contributed by atoms with Gasteiger partial charge in [-0.3, -0.25) is 4.79 Å². The van der Waals surface area contributed by atoms with Gasteiger partial charge in [-0.25, -0.2) is 9.97 Å². The van der Waals surface area contributed by atoms with Crippen LogP contribution in [-0.2, 0) is 6.54 Å². The van der Waals surface area contributed by atoms with E-state index in [1.807, 2.05) is 45.0 Å². The van der Waals surface area contributed by atoms with Crippen molar-refractivity contribution in [1.82, 2.24) is 14.5 Å². The number of benzene rings is 1. The number of hydrogen-bond donors (Lipinski definition) is 1. The van der Waals surface area contributed by atoms with E-state index in [0.717, 1.165) is 27.4 Å². The first-order chi connectivity index (χ1) is 12.4. The molecule has 134 valence electrons. The Hall–Kier alpha value is -2.66. The van der Waals surface area contributed by atoms with Gasteiger partial charge in [-0.2, -0.15) is 0 Å². The third-order valence-corrected chi connectivity index (χ3v) is 4.36. The molecule has 0 amide bonds. The molecule has 26 heavy (non-hydrogen) atoms. The monoisotopic (exact) mass is 368 g/mol. The maximum atomic E-state index is 12.5. The van der Waals surface area contributed by atoms with Crippen LogP contribution in [0.3, 0.4) is 0 Å². The lowest BCUT2D eigenvalue weighted by molar-refractivity contribution is 0.759. The van der Waals surface area contributed by atoms with Crippen molar-refractivity contribution in [2.75, 3.05) is 5.32 Å². The van der Waals surface area contributed by atoms with Crippen LogP contribution in [0.15, 0.2) is 53.6 Å². The molecule has 0 bridgehead atoms. The first kappa shape index (κ1) is 18.1. The number of nitrogens with zero attached hydrogens (tertiary/aromatic N) is 3. The Bertz CT molecular complexity index is 982. The highest BCUT2D eigenvalue weighted by Crippen LogP contribution is 2.18. The van der Waals surface area contributed by atoms with Crippen LogP contribution < -0.4 is 10.9 Å². The van der Waals surface area contributed by atoms with Crippen molar-refractivity contribution in [1.29, 1.82) is 0 Å². The Kier molecular flexibility index (Phi) is 5.38. The maximum absolute atomic E-state index is 12.5. The van der Waals surface area contributed by atoms with Crippen LogP contribution in [0.25, 0.3) is 11.3 Å². The van der Waals surface area contributed by atoms with Crippen molar-refractivity contribution < 1.29 is 0 Å². The van der Waals surface area contributed by atoms with Crippen molar-refractivity contribution in [2.45, 2.75) is 33.4 Å². The molecule has 0 saturated heterocycles. The van der Waals surface area contributed by atoms with E-state index in [9.17, 15) is 4.79 Å². The Labute approximate surface area is 157 Å². The fourth-order valence-corrected chi connectivity index (χ4v) is 2.76. The molecule has 0 atom stereocenters. The highest BCUT2D eigenvalue weighted by Gasteiger charge is 2.06. The van der Waals surface area contributed by atoms with Gasteiger partial charge in [-0.1, -0.05) is 23.7 Å². The number of aromatic nitrogens is 3. The Balaban J connectivity index is 1.85. The fourth-order valence-electron chi connectivity index (χ4n) is 2.65. The van der Waals surface area contributed by atoms with Crippen molar-refractivity contribution in [3.63, 3.8) is 0 Å². The zero-order valence-electron chi connectivity index (χ0n) is 15.0. The summed E-state index contributed by atoms with van der Waals surface area (Å²) < 4.78 is 1.67. The molecule has 0 radical (unpaired) electrons. The lowest BCUT2D eigenvalue weighted by atomic mass is 10.1. The summed E-state index contributed by atoms with van der Waals surface area (Å²) in [5.41, 5.74) is 3.45. The highest BCUT2D eigenvalue weighted by atomic mass is 35.5.